The molecule has 0 spiro atoms. The van der Waals surface area contributed by atoms with Crippen LogP contribution in [-0.2, 0) is 0 Å². The predicted molar refractivity (Wildman–Crippen MR) is 67.0 cm³/mol. The van der Waals surface area contributed by atoms with E-state index < -0.39 is 10.7 Å². The fourth-order valence-electron chi connectivity index (χ4n) is 2.34. The molecule has 2 atom stereocenters. The molecule has 6 heteroatoms. The fraction of sp³-hybridized carbons (Fsp3) is 0.500. The second-order valence-electron chi connectivity index (χ2n) is 4.74. The molecule has 1 aromatic carbocycles. The molecule has 0 amide bonds. The molecule has 0 bridgehead atoms. The number of nitro benzene ring substituents is 1. The normalized spacial score (nSPS) is 21.1. The largest absolute Gasteiger partial charge is 0.366 e. The van der Waals surface area contributed by atoms with Crippen LogP contribution < -0.4 is 10.6 Å². The van der Waals surface area contributed by atoms with Crippen LogP contribution in [0.25, 0.3) is 0 Å². The first-order valence-corrected chi connectivity index (χ1v) is 5.93. The highest BCUT2D eigenvalue weighted by Gasteiger charge is 2.29. The number of benzene rings is 1. The molecular weight excluding hydrogens is 237 g/mol. The molecular formula is C12H16FN3O2. The summed E-state index contributed by atoms with van der Waals surface area (Å²) < 4.78 is 13.2. The molecule has 1 saturated heterocycles. The summed E-state index contributed by atoms with van der Waals surface area (Å²) in [5.74, 6) is -0.160. The van der Waals surface area contributed by atoms with Crippen molar-refractivity contribution in [1.29, 1.82) is 0 Å². The van der Waals surface area contributed by atoms with Crippen molar-refractivity contribution in [3.05, 3.63) is 34.1 Å². The molecule has 0 aliphatic carbocycles. The highest BCUT2D eigenvalue weighted by atomic mass is 19.1. The fourth-order valence-corrected chi connectivity index (χ4v) is 2.34. The summed E-state index contributed by atoms with van der Waals surface area (Å²) in [5, 5.41) is 10.9. The Morgan fingerprint density at radius 3 is 2.89 bits per heavy atom. The van der Waals surface area contributed by atoms with Crippen molar-refractivity contribution in [1.82, 2.24) is 0 Å². The van der Waals surface area contributed by atoms with Crippen molar-refractivity contribution >= 4 is 11.4 Å². The maximum Gasteiger partial charge on any atom is 0.292 e. The van der Waals surface area contributed by atoms with Crippen molar-refractivity contribution in [3.8, 4) is 0 Å². The molecule has 1 heterocycles. The molecule has 1 aliphatic heterocycles. The average molecular weight is 253 g/mol. The first-order chi connectivity index (χ1) is 8.49. The predicted octanol–water partition coefficient (Wildman–Crippen LogP) is 1.91. The Morgan fingerprint density at radius 1 is 1.61 bits per heavy atom. The maximum absolute atomic E-state index is 13.2. The summed E-state index contributed by atoms with van der Waals surface area (Å²) in [6, 6.07) is 3.59. The van der Waals surface area contributed by atoms with Crippen LogP contribution in [0.3, 0.4) is 0 Å². The van der Waals surface area contributed by atoms with Gasteiger partial charge in [0.2, 0.25) is 0 Å². The number of nitrogens with zero attached hydrogens (tertiary/aromatic N) is 2. The van der Waals surface area contributed by atoms with Gasteiger partial charge in [0, 0.05) is 31.3 Å². The van der Waals surface area contributed by atoms with Gasteiger partial charge in [0.25, 0.3) is 5.69 Å². The highest BCUT2D eigenvalue weighted by molar-refractivity contribution is 5.63. The van der Waals surface area contributed by atoms with E-state index in [2.05, 4.69) is 0 Å². The van der Waals surface area contributed by atoms with E-state index in [0.29, 0.717) is 24.7 Å². The lowest BCUT2D eigenvalue weighted by Gasteiger charge is -2.19. The Bertz CT molecular complexity index is 465. The summed E-state index contributed by atoms with van der Waals surface area (Å²) in [5.41, 5.74) is 6.13. The van der Waals surface area contributed by atoms with E-state index in [1.165, 1.54) is 12.1 Å². The standard InChI is InChI=1S/C12H16FN3O2/c1-8(14)9-4-5-15(7-9)12-6-10(13)2-3-11(12)16(17)18/h2-3,6,8-9H,4-5,7,14H2,1H3. The molecule has 0 radical (unpaired) electrons. The molecule has 1 aromatic rings. The molecule has 1 fully saturated rings. The quantitative estimate of drug-likeness (QED) is 0.659. The third-order valence-corrected chi connectivity index (χ3v) is 3.44. The summed E-state index contributed by atoms with van der Waals surface area (Å²) in [6.45, 7) is 3.24. The van der Waals surface area contributed by atoms with Gasteiger partial charge in [-0.05, 0) is 25.3 Å². The van der Waals surface area contributed by atoms with Gasteiger partial charge < -0.3 is 10.6 Å². The SMILES string of the molecule is CC(N)C1CCN(c2cc(F)ccc2[N+](=O)[O-])C1. The zero-order valence-electron chi connectivity index (χ0n) is 10.2. The maximum atomic E-state index is 13.2. The topological polar surface area (TPSA) is 72.4 Å². The van der Waals surface area contributed by atoms with Gasteiger partial charge in [0.15, 0.2) is 0 Å². The smallest absolute Gasteiger partial charge is 0.292 e. The van der Waals surface area contributed by atoms with Gasteiger partial charge in [-0.15, -0.1) is 0 Å². The number of hydrogen-bond acceptors (Lipinski definition) is 4. The lowest BCUT2D eigenvalue weighted by Crippen LogP contribution is -2.29. The lowest BCUT2D eigenvalue weighted by molar-refractivity contribution is -0.384. The van der Waals surface area contributed by atoms with Crippen LogP contribution in [0.4, 0.5) is 15.8 Å². The molecule has 1 aliphatic rings. The summed E-state index contributed by atoms with van der Waals surface area (Å²) >= 11 is 0. The molecule has 0 saturated carbocycles. The Hall–Kier alpha value is -1.69. The molecule has 18 heavy (non-hydrogen) atoms. The van der Waals surface area contributed by atoms with E-state index in [0.717, 1.165) is 12.5 Å². The van der Waals surface area contributed by atoms with Crippen LogP contribution >= 0.6 is 0 Å². The van der Waals surface area contributed by atoms with E-state index in [4.69, 9.17) is 5.73 Å². The second-order valence-corrected chi connectivity index (χ2v) is 4.74. The van der Waals surface area contributed by atoms with E-state index in [9.17, 15) is 14.5 Å². The van der Waals surface area contributed by atoms with Crippen LogP contribution in [0.15, 0.2) is 18.2 Å². The minimum absolute atomic E-state index is 0.0441. The van der Waals surface area contributed by atoms with E-state index in [1.807, 2.05) is 11.8 Å². The minimum Gasteiger partial charge on any atom is -0.366 e. The van der Waals surface area contributed by atoms with Crippen molar-refractivity contribution in [3.63, 3.8) is 0 Å². The van der Waals surface area contributed by atoms with Crippen molar-refractivity contribution in [2.75, 3.05) is 18.0 Å². The van der Waals surface area contributed by atoms with Crippen molar-refractivity contribution in [2.45, 2.75) is 19.4 Å². The van der Waals surface area contributed by atoms with Crippen LogP contribution in [-0.4, -0.2) is 24.1 Å². The van der Waals surface area contributed by atoms with Crippen LogP contribution in [0.2, 0.25) is 0 Å². The Kier molecular flexibility index (Phi) is 3.47. The zero-order valence-corrected chi connectivity index (χ0v) is 10.2. The Labute approximate surface area is 105 Å². The summed E-state index contributed by atoms with van der Waals surface area (Å²) in [7, 11) is 0. The van der Waals surface area contributed by atoms with Gasteiger partial charge in [0.1, 0.15) is 11.5 Å². The second kappa shape index (κ2) is 4.89. The van der Waals surface area contributed by atoms with Crippen molar-refractivity contribution in [2.24, 2.45) is 11.7 Å². The number of anilines is 1. The number of halogens is 1. The van der Waals surface area contributed by atoms with Crippen LogP contribution in [0, 0.1) is 21.8 Å². The average Bonchev–Trinajstić information content (AvgIpc) is 2.77. The Balaban J connectivity index is 2.28. The molecule has 5 nitrogen and oxygen atoms in total. The van der Waals surface area contributed by atoms with Crippen LogP contribution in [0.1, 0.15) is 13.3 Å². The summed E-state index contributed by atoms with van der Waals surface area (Å²) in [4.78, 5) is 12.3. The van der Waals surface area contributed by atoms with Gasteiger partial charge in [-0.3, -0.25) is 10.1 Å². The first kappa shape index (κ1) is 12.8. The molecule has 2 unspecified atom stereocenters. The number of nitrogens with two attached hydrogens (primary N) is 1. The minimum atomic E-state index is -0.478. The van der Waals surface area contributed by atoms with Gasteiger partial charge >= 0.3 is 0 Å². The molecule has 2 N–H and O–H groups in total. The third-order valence-electron chi connectivity index (χ3n) is 3.44. The van der Waals surface area contributed by atoms with E-state index in [-0.39, 0.29) is 11.7 Å². The van der Waals surface area contributed by atoms with Gasteiger partial charge in [0.05, 0.1) is 4.92 Å². The summed E-state index contributed by atoms with van der Waals surface area (Å²) in [6.07, 6.45) is 0.880. The van der Waals surface area contributed by atoms with Crippen LogP contribution in [0.5, 0.6) is 0 Å². The van der Waals surface area contributed by atoms with Crippen molar-refractivity contribution < 1.29 is 9.31 Å². The van der Waals surface area contributed by atoms with E-state index in [1.54, 1.807) is 0 Å². The third kappa shape index (κ3) is 2.43. The van der Waals surface area contributed by atoms with Gasteiger partial charge in [-0.2, -0.15) is 0 Å². The number of hydrogen-bond donors (Lipinski definition) is 1. The van der Waals surface area contributed by atoms with Gasteiger partial charge in [-0.1, -0.05) is 0 Å². The monoisotopic (exact) mass is 253 g/mol. The molecule has 2 rings (SSSR count). The lowest BCUT2D eigenvalue weighted by atomic mass is 10.0. The number of nitro groups is 1. The zero-order chi connectivity index (χ0) is 13.3. The molecule has 0 aromatic heterocycles. The highest BCUT2D eigenvalue weighted by Crippen LogP contribution is 2.33. The Morgan fingerprint density at radius 2 is 2.33 bits per heavy atom. The van der Waals surface area contributed by atoms with E-state index >= 15 is 0 Å². The first-order valence-electron chi connectivity index (χ1n) is 5.93. The van der Waals surface area contributed by atoms with Gasteiger partial charge in [-0.25, -0.2) is 4.39 Å². The number of rotatable bonds is 3. The molecule has 98 valence electrons.